The van der Waals surface area contributed by atoms with Crippen molar-refractivity contribution in [2.24, 2.45) is 5.92 Å². The van der Waals surface area contributed by atoms with Crippen LogP contribution in [0.25, 0.3) is 17.2 Å². The molecule has 1 N–H and O–H groups in total. The van der Waals surface area contributed by atoms with Gasteiger partial charge in [0.15, 0.2) is 11.0 Å². The maximum atomic E-state index is 12.6. The Balaban J connectivity index is 1.93. The van der Waals surface area contributed by atoms with Gasteiger partial charge in [0.1, 0.15) is 11.2 Å². The van der Waals surface area contributed by atoms with E-state index in [-0.39, 0.29) is 17.6 Å². The van der Waals surface area contributed by atoms with Gasteiger partial charge in [0.25, 0.3) is 0 Å². The minimum atomic E-state index is -0.919. The summed E-state index contributed by atoms with van der Waals surface area (Å²) >= 11 is 1.28. The van der Waals surface area contributed by atoms with Crippen molar-refractivity contribution in [3.05, 3.63) is 53.7 Å². The van der Waals surface area contributed by atoms with E-state index in [1.165, 1.54) is 11.8 Å². The first kappa shape index (κ1) is 22.5. The summed E-state index contributed by atoms with van der Waals surface area (Å²) in [4.78, 5) is 17.0. The lowest BCUT2D eigenvalue weighted by molar-refractivity contribution is -0.120. The Kier molecular flexibility index (Phi) is 6.76. The SMILES string of the molecule is Cc1ccc(-n2c(SCC(=O)NC(C)(C#N)C(C)C)nnc2-c2ccccn2)c(C)c1. The van der Waals surface area contributed by atoms with E-state index in [1.54, 1.807) is 13.1 Å². The molecule has 1 aromatic carbocycles. The summed E-state index contributed by atoms with van der Waals surface area (Å²) in [5.41, 5.74) is 2.94. The topological polar surface area (TPSA) is 96.5 Å². The summed E-state index contributed by atoms with van der Waals surface area (Å²) in [6.07, 6.45) is 1.71. The van der Waals surface area contributed by atoms with Crippen molar-refractivity contribution >= 4 is 17.7 Å². The number of rotatable bonds is 7. The van der Waals surface area contributed by atoms with Crippen molar-refractivity contribution in [3.63, 3.8) is 0 Å². The van der Waals surface area contributed by atoms with Gasteiger partial charge in [-0.15, -0.1) is 10.2 Å². The first-order valence-electron chi connectivity index (χ1n) is 10.0. The maximum Gasteiger partial charge on any atom is 0.231 e. The summed E-state index contributed by atoms with van der Waals surface area (Å²) < 4.78 is 1.93. The molecule has 0 fully saturated rings. The number of hydrogen-bond acceptors (Lipinski definition) is 6. The Hall–Kier alpha value is -3.18. The first-order chi connectivity index (χ1) is 14.7. The zero-order chi connectivity index (χ0) is 22.6. The van der Waals surface area contributed by atoms with Gasteiger partial charge in [-0.05, 0) is 50.5 Å². The number of hydrogen-bond donors (Lipinski definition) is 1. The van der Waals surface area contributed by atoms with E-state index < -0.39 is 5.54 Å². The smallest absolute Gasteiger partial charge is 0.231 e. The normalized spacial score (nSPS) is 12.9. The molecule has 8 heteroatoms. The van der Waals surface area contributed by atoms with Crippen LogP contribution in [0.2, 0.25) is 0 Å². The molecule has 0 saturated carbocycles. The Labute approximate surface area is 186 Å². The van der Waals surface area contributed by atoms with Crippen LogP contribution in [-0.4, -0.2) is 36.9 Å². The fourth-order valence-electron chi connectivity index (χ4n) is 3.05. The van der Waals surface area contributed by atoms with Crippen LogP contribution in [0.5, 0.6) is 0 Å². The number of thioether (sulfide) groups is 1. The lowest BCUT2D eigenvalue weighted by atomic mass is 9.90. The molecule has 3 aromatic rings. The van der Waals surface area contributed by atoms with Gasteiger partial charge in [-0.2, -0.15) is 5.26 Å². The molecule has 0 aliphatic heterocycles. The second-order valence-electron chi connectivity index (χ2n) is 7.95. The van der Waals surface area contributed by atoms with Crippen LogP contribution in [0.1, 0.15) is 31.9 Å². The minimum Gasteiger partial charge on any atom is -0.337 e. The van der Waals surface area contributed by atoms with Crippen LogP contribution in [0.4, 0.5) is 0 Å². The number of pyridine rings is 1. The third kappa shape index (κ3) is 4.94. The highest BCUT2D eigenvalue weighted by Gasteiger charge is 2.30. The highest BCUT2D eigenvalue weighted by Crippen LogP contribution is 2.29. The molecule has 31 heavy (non-hydrogen) atoms. The highest BCUT2D eigenvalue weighted by atomic mass is 32.2. The van der Waals surface area contributed by atoms with Crippen LogP contribution in [0.15, 0.2) is 47.8 Å². The van der Waals surface area contributed by atoms with Crippen LogP contribution in [0.3, 0.4) is 0 Å². The lowest BCUT2D eigenvalue weighted by Crippen LogP contribution is -2.49. The Morgan fingerprint density at radius 3 is 2.65 bits per heavy atom. The molecule has 0 bridgehead atoms. The molecule has 1 unspecified atom stereocenters. The van der Waals surface area contributed by atoms with E-state index in [2.05, 4.69) is 32.6 Å². The number of amides is 1. The first-order valence-corrected chi connectivity index (χ1v) is 11.0. The molecular weight excluding hydrogens is 408 g/mol. The second kappa shape index (κ2) is 9.31. The molecule has 2 aromatic heterocycles. The van der Waals surface area contributed by atoms with Gasteiger partial charge in [0.05, 0.1) is 17.5 Å². The second-order valence-corrected chi connectivity index (χ2v) is 8.89. The number of aryl methyl sites for hydroxylation is 2. The molecule has 1 atom stereocenters. The number of nitrogens with one attached hydrogen (secondary N) is 1. The molecule has 0 saturated heterocycles. The summed E-state index contributed by atoms with van der Waals surface area (Å²) in [5, 5.41) is 21.6. The number of aromatic nitrogens is 4. The Bertz CT molecular complexity index is 1120. The fraction of sp³-hybridized carbons (Fsp3) is 0.348. The molecule has 160 valence electrons. The van der Waals surface area contributed by atoms with Crippen molar-refractivity contribution < 1.29 is 4.79 Å². The predicted octanol–water partition coefficient (Wildman–Crippen LogP) is 4.09. The van der Waals surface area contributed by atoms with Gasteiger partial charge in [-0.3, -0.25) is 14.3 Å². The van der Waals surface area contributed by atoms with Gasteiger partial charge < -0.3 is 5.32 Å². The quantitative estimate of drug-likeness (QED) is 0.563. The van der Waals surface area contributed by atoms with E-state index in [4.69, 9.17) is 0 Å². The molecule has 7 nitrogen and oxygen atoms in total. The molecule has 0 radical (unpaired) electrons. The highest BCUT2D eigenvalue weighted by molar-refractivity contribution is 7.99. The summed E-state index contributed by atoms with van der Waals surface area (Å²) in [5.74, 6) is 0.493. The van der Waals surface area contributed by atoms with Crippen molar-refractivity contribution in [1.29, 1.82) is 5.26 Å². The van der Waals surface area contributed by atoms with Crippen LogP contribution < -0.4 is 5.32 Å². The van der Waals surface area contributed by atoms with Crippen molar-refractivity contribution in [1.82, 2.24) is 25.1 Å². The summed E-state index contributed by atoms with van der Waals surface area (Å²) in [6, 6.07) is 14.0. The molecule has 3 rings (SSSR count). The third-order valence-corrected chi connectivity index (χ3v) is 6.17. The van der Waals surface area contributed by atoms with Gasteiger partial charge in [0, 0.05) is 6.20 Å². The van der Waals surface area contributed by atoms with Crippen molar-refractivity contribution in [2.45, 2.75) is 45.3 Å². The number of carbonyl (C=O) groups is 1. The average Bonchev–Trinajstić information content (AvgIpc) is 3.16. The standard InChI is InChI=1S/C23H26N6OS/c1-15(2)23(5,14-24)26-20(30)13-31-22-28-27-21(18-8-6-7-11-25-18)29(22)19-10-9-16(3)12-17(19)4/h6-12,15H,13H2,1-5H3,(H,26,30). The maximum absolute atomic E-state index is 12.6. The number of carbonyl (C=O) groups excluding carboxylic acids is 1. The van der Waals surface area contributed by atoms with Crippen LogP contribution in [-0.2, 0) is 4.79 Å². The van der Waals surface area contributed by atoms with Crippen LogP contribution in [0, 0.1) is 31.1 Å². The third-order valence-electron chi connectivity index (χ3n) is 5.24. The van der Waals surface area contributed by atoms with E-state index in [9.17, 15) is 10.1 Å². The van der Waals surface area contributed by atoms with Gasteiger partial charge in [-0.25, -0.2) is 0 Å². The monoisotopic (exact) mass is 434 g/mol. The fourth-order valence-corrected chi connectivity index (χ4v) is 3.80. The van der Waals surface area contributed by atoms with Crippen molar-refractivity contribution in [2.75, 3.05) is 5.75 Å². The van der Waals surface area contributed by atoms with E-state index in [0.717, 1.165) is 16.8 Å². The molecule has 1 amide bonds. The number of nitriles is 1. The Morgan fingerprint density at radius 1 is 1.26 bits per heavy atom. The zero-order valence-corrected chi connectivity index (χ0v) is 19.2. The minimum absolute atomic E-state index is 0.0129. The van der Waals surface area contributed by atoms with Crippen molar-refractivity contribution in [3.8, 4) is 23.3 Å². The van der Waals surface area contributed by atoms with E-state index in [1.807, 2.05) is 62.6 Å². The molecule has 2 heterocycles. The van der Waals surface area contributed by atoms with Gasteiger partial charge >= 0.3 is 0 Å². The van der Waals surface area contributed by atoms with E-state index in [0.29, 0.717) is 16.7 Å². The summed E-state index contributed by atoms with van der Waals surface area (Å²) in [6.45, 7) is 9.63. The number of benzene rings is 1. The summed E-state index contributed by atoms with van der Waals surface area (Å²) in [7, 11) is 0. The van der Waals surface area contributed by atoms with E-state index >= 15 is 0 Å². The molecule has 0 aliphatic carbocycles. The molecular formula is C23H26N6OS. The number of nitrogens with zero attached hydrogens (tertiary/aromatic N) is 5. The largest absolute Gasteiger partial charge is 0.337 e. The Morgan fingerprint density at radius 2 is 2.03 bits per heavy atom. The van der Waals surface area contributed by atoms with Crippen LogP contribution >= 0.6 is 11.8 Å². The van der Waals surface area contributed by atoms with Gasteiger partial charge in [0.2, 0.25) is 5.91 Å². The molecule has 0 spiro atoms. The van der Waals surface area contributed by atoms with Gasteiger partial charge in [-0.1, -0.05) is 49.4 Å². The zero-order valence-electron chi connectivity index (χ0n) is 18.4. The molecule has 0 aliphatic rings. The lowest BCUT2D eigenvalue weighted by Gasteiger charge is -2.27. The predicted molar refractivity (Wildman–Crippen MR) is 122 cm³/mol. The average molecular weight is 435 g/mol.